The minimum absolute atomic E-state index is 0.238. The lowest BCUT2D eigenvalue weighted by molar-refractivity contribution is -0.146. The molecule has 0 aliphatic heterocycles. The topological polar surface area (TPSA) is 76.4 Å². The quantitative estimate of drug-likeness (QED) is 0.700. The van der Waals surface area contributed by atoms with E-state index in [0.29, 0.717) is 18.2 Å². The van der Waals surface area contributed by atoms with Crippen molar-refractivity contribution in [3.63, 3.8) is 0 Å². The van der Waals surface area contributed by atoms with Crippen LogP contribution in [0.15, 0.2) is 0 Å². The Labute approximate surface area is 101 Å². The van der Waals surface area contributed by atoms with Gasteiger partial charge in [-0.1, -0.05) is 0 Å². The van der Waals surface area contributed by atoms with Gasteiger partial charge in [-0.25, -0.2) is 4.79 Å². The maximum absolute atomic E-state index is 11.1. The van der Waals surface area contributed by atoms with E-state index in [1.54, 1.807) is 13.8 Å². The van der Waals surface area contributed by atoms with E-state index >= 15 is 0 Å². The first-order valence-corrected chi connectivity index (χ1v) is 5.44. The molecule has 0 aromatic rings. The number of rotatable bonds is 5. The number of carbonyl (C=O) groups is 1. The molecule has 0 saturated carbocycles. The summed E-state index contributed by atoms with van der Waals surface area (Å²) < 4.78 is 0. The molecule has 0 unspecified atom stereocenters. The van der Waals surface area contributed by atoms with Gasteiger partial charge in [0.1, 0.15) is 5.54 Å². The standard InChI is InChI=1S/C10H17N3O2S/c1-4-12-9(16)13(7-5-6-11)10(2,3)8(14)15/h4-5,7H2,1-3H3,(H,12,16)(H,14,15). The zero-order valence-corrected chi connectivity index (χ0v) is 10.6. The Balaban J connectivity index is 4.86. The molecule has 0 radical (unpaired) electrons. The van der Waals surface area contributed by atoms with E-state index in [1.807, 2.05) is 13.0 Å². The van der Waals surface area contributed by atoms with E-state index < -0.39 is 11.5 Å². The van der Waals surface area contributed by atoms with Gasteiger partial charge in [-0.2, -0.15) is 5.26 Å². The normalized spacial score (nSPS) is 10.4. The Kier molecular flexibility index (Phi) is 5.75. The minimum atomic E-state index is -1.11. The average molecular weight is 243 g/mol. The molecule has 0 heterocycles. The lowest BCUT2D eigenvalue weighted by Gasteiger charge is -2.36. The van der Waals surface area contributed by atoms with Gasteiger partial charge in [0.15, 0.2) is 5.11 Å². The number of hydrogen-bond donors (Lipinski definition) is 2. The van der Waals surface area contributed by atoms with E-state index in [9.17, 15) is 4.79 Å². The van der Waals surface area contributed by atoms with Gasteiger partial charge in [-0.05, 0) is 33.0 Å². The van der Waals surface area contributed by atoms with Crippen LogP contribution < -0.4 is 5.32 Å². The van der Waals surface area contributed by atoms with Crippen molar-refractivity contribution in [2.45, 2.75) is 32.7 Å². The summed E-state index contributed by atoms with van der Waals surface area (Å²) in [5.41, 5.74) is -1.11. The molecule has 0 atom stereocenters. The first kappa shape index (κ1) is 14.6. The SMILES string of the molecule is CCNC(=S)N(CCC#N)C(C)(C)C(=O)O. The molecule has 0 bridgehead atoms. The lowest BCUT2D eigenvalue weighted by atomic mass is 10.0. The third kappa shape index (κ3) is 3.66. The highest BCUT2D eigenvalue weighted by Gasteiger charge is 2.35. The number of carboxylic acid groups (broad SMARTS) is 1. The van der Waals surface area contributed by atoms with Crippen molar-refractivity contribution in [3.05, 3.63) is 0 Å². The van der Waals surface area contributed by atoms with E-state index in [1.165, 1.54) is 4.90 Å². The van der Waals surface area contributed by atoms with Crippen LogP contribution in [-0.4, -0.2) is 39.7 Å². The van der Waals surface area contributed by atoms with Gasteiger partial charge in [0.25, 0.3) is 0 Å². The number of aliphatic carboxylic acids is 1. The zero-order chi connectivity index (χ0) is 12.8. The van der Waals surface area contributed by atoms with E-state index in [2.05, 4.69) is 5.32 Å². The third-order valence-corrected chi connectivity index (χ3v) is 2.58. The van der Waals surface area contributed by atoms with Crippen molar-refractivity contribution in [2.24, 2.45) is 0 Å². The van der Waals surface area contributed by atoms with E-state index in [4.69, 9.17) is 22.6 Å². The second-order valence-corrected chi connectivity index (χ2v) is 4.15. The molecule has 0 aliphatic carbocycles. The van der Waals surface area contributed by atoms with Gasteiger partial charge in [-0.15, -0.1) is 0 Å². The number of nitrogens with zero attached hydrogens (tertiary/aromatic N) is 2. The molecule has 2 N–H and O–H groups in total. The predicted octanol–water partition coefficient (Wildman–Crippen LogP) is 0.960. The summed E-state index contributed by atoms with van der Waals surface area (Å²) in [6, 6.07) is 1.98. The summed E-state index contributed by atoms with van der Waals surface area (Å²) >= 11 is 5.10. The highest BCUT2D eigenvalue weighted by molar-refractivity contribution is 7.80. The van der Waals surface area contributed by atoms with E-state index in [0.717, 1.165) is 0 Å². The molecular weight excluding hydrogens is 226 g/mol. The minimum Gasteiger partial charge on any atom is -0.480 e. The summed E-state index contributed by atoms with van der Waals surface area (Å²) in [6.45, 7) is 5.94. The second kappa shape index (κ2) is 6.28. The highest BCUT2D eigenvalue weighted by Crippen LogP contribution is 2.15. The molecule has 90 valence electrons. The molecule has 0 fully saturated rings. The Morgan fingerprint density at radius 1 is 1.62 bits per heavy atom. The van der Waals surface area contributed by atoms with Crippen molar-refractivity contribution >= 4 is 23.3 Å². The van der Waals surface area contributed by atoms with Crippen LogP contribution in [0.5, 0.6) is 0 Å². The average Bonchev–Trinajstić information content (AvgIpc) is 2.18. The number of hydrogen-bond acceptors (Lipinski definition) is 3. The molecule has 0 aromatic heterocycles. The van der Waals surface area contributed by atoms with Gasteiger partial charge < -0.3 is 15.3 Å². The van der Waals surface area contributed by atoms with E-state index in [-0.39, 0.29) is 6.42 Å². The van der Waals surface area contributed by atoms with Gasteiger partial charge >= 0.3 is 5.97 Å². The number of nitrogens with one attached hydrogen (secondary N) is 1. The summed E-state index contributed by atoms with van der Waals surface area (Å²) in [7, 11) is 0. The van der Waals surface area contributed by atoms with Crippen LogP contribution in [-0.2, 0) is 4.79 Å². The van der Waals surface area contributed by atoms with Crippen LogP contribution in [0.3, 0.4) is 0 Å². The summed E-state index contributed by atoms with van der Waals surface area (Å²) in [6.07, 6.45) is 0.238. The Bertz CT molecular complexity index is 310. The predicted molar refractivity (Wildman–Crippen MR) is 64.9 cm³/mol. The smallest absolute Gasteiger partial charge is 0.329 e. The summed E-state index contributed by atoms with van der Waals surface area (Å²) in [4.78, 5) is 12.6. The Hall–Kier alpha value is -1.35. The molecule has 0 rings (SSSR count). The molecular formula is C10H17N3O2S. The monoisotopic (exact) mass is 243 g/mol. The molecule has 0 aromatic carbocycles. The fraction of sp³-hybridized carbons (Fsp3) is 0.700. The Morgan fingerprint density at radius 2 is 2.19 bits per heavy atom. The lowest BCUT2D eigenvalue weighted by Crippen LogP contribution is -2.56. The van der Waals surface area contributed by atoms with Crippen molar-refractivity contribution in [3.8, 4) is 6.07 Å². The number of thiocarbonyl (C=S) groups is 1. The van der Waals surface area contributed by atoms with Gasteiger partial charge in [0.05, 0.1) is 12.5 Å². The maximum atomic E-state index is 11.1. The van der Waals surface area contributed by atoms with Crippen LogP contribution in [0, 0.1) is 11.3 Å². The fourth-order valence-corrected chi connectivity index (χ4v) is 1.62. The van der Waals surface area contributed by atoms with Crippen molar-refractivity contribution in [1.82, 2.24) is 10.2 Å². The van der Waals surface area contributed by atoms with Crippen LogP contribution in [0.1, 0.15) is 27.2 Å². The van der Waals surface area contributed by atoms with Crippen LogP contribution in [0.2, 0.25) is 0 Å². The van der Waals surface area contributed by atoms with Crippen LogP contribution in [0.25, 0.3) is 0 Å². The number of carboxylic acids is 1. The van der Waals surface area contributed by atoms with Crippen LogP contribution in [0.4, 0.5) is 0 Å². The van der Waals surface area contributed by atoms with Crippen molar-refractivity contribution < 1.29 is 9.90 Å². The largest absolute Gasteiger partial charge is 0.480 e. The van der Waals surface area contributed by atoms with Crippen molar-refractivity contribution in [2.75, 3.05) is 13.1 Å². The fourth-order valence-electron chi connectivity index (χ4n) is 1.16. The van der Waals surface area contributed by atoms with Gasteiger partial charge in [0, 0.05) is 13.1 Å². The molecule has 16 heavy (non-hydrogen) atoms. The molecule has 6 heteroatoms. The Morgan fingerprint density at radius 3 is 2.56 bits per heavy atom. The zero-order valence-electron chi connectivity index (χ0n) is 9.78. The first-order chi connectivity index (χ1) is 7.37. The first-order valence-electron chi connectivity index (χ1n) is 5.03. The van der Waals surface area contributed by atoms with Crippen LogP contribution >= 0.6 is 12.2 Å². The third-order valence-electron chi connectivity index (χ3n) is 2.22. The molecule has 0 saturated heterocycles. The van der Waals surface area contributed by atoms with Crippen molar-refractivity contribution in [1.29, 1.82) is 5.26 Å². The molecule has 0 amide bonds. The number of nitriles is 1. The second-order valence-electron chi connectivity index (χ2n) is 3.76. The highest BCUT2D eigenvalue weighted by atomic mass is 32.1. The summed E-state index contributed by atoms with van der Waals surface area (Å²) in [5, 5.41) is 20.9. The molecule has 5 nitrogen and oxygen atoms in total. The molecule has 0 spiro atoms. The van der Waals surface area contributed by atoms with Gasteiger partial charge in [-0.3, -0.25) is 0 Å². The molecule has 0 aliphatic rings. The maximum Gasteiger partial charge on any atom is 0.329 e. The van der Waals surface area contributed by atoms with Gasteiger partial charge in [0.2, 0.25) is 0 Å². The summed E-state index contributed by atoms with van der Waals surface area (Å²) in [5.74, 6) is -0.967.